The molecule has 0 amide bonds. The Labute approximate surface area is 79.2 Å². The number of halogens is 1. The summed E-state index contributed by atoms with van der Waals surface area (Å²) in [7, 11) is 0. The van der Waals surface area contributed by atoms with Gasteiger partial charge in [-0.15, -0.1) is 0 Å². The van der Waals surface area contributed by atoms with Gasteiger partial charge in [-0.05, 0) is 19.8 Å². The molecule has 13 heavy (non-hydrogen) atoms. The second-order valence-corrected chi connectivity index (χ2v) is 3.65. The van der Waals surface area contributed by atoms with Crippen LogP contribution in [0.1, 0.15) is 24.4 Å². The largest absolute Gasteiger partial charge is 0.329 e. The van der Waals surface area contributed by atoms with E-state index in [-0.39, 0.29) is 16.8 Å². The van der Waals surface area contributed by atoms with Gasteiger partial charge >= 0.3 is 5.69 Å². The van der Waals surface area contributed by atoms with Crippen molar-refractivity contribution >= 4 is 11.6 Å². The van der Waals surface area contributed by atoms with Gasteiger partial charge in [0.2, 0.25) is 0 Å². The predicted octanol–water partition coefficient (Wildman–Crippen LogP) is 0.833. The van der Waals surface area contributed by atoms with Gasteiger partial charge in [0.05, 0.1) is 0 Å². The van der Waals surface area contributed by atoms with E-state index in [1.807, 2.05) is 0 Å². The Balaban J connectivity index is 2.75. The van der Waals surface area contributed by atoms with Gasteiger partial charge in [0, 0.05) is 11.6 Å². The zero-order valence-electron chi connectivity index (χ0n) is 7.13. The van der Waals surface area contributed by atoms with E-state index in [9.17, 15) is 9.59 Å². The number of hydrogen-bond donors (Lipinski definition) is 1. The molecule has 70 valence electrons. The highest BCUT2D eigenvalue weighted by Crippen LogP contribution is 2.32. The Morgan fingerprint density at radius 2 is 2.08 bits per heavy atom. The minimum Gasteiger partial charge on any atom is -0.297 e. The first-order chi connectivity index (χ1) is 6.11. The summed E-state index contributed by atoms with van der Waals surface area (Å²) in [5.74, 6) is 0. The van der Waals surface area contributed by atoms with Gasteiger partial charge in [0.1, 0.15) is 5.15 Å². The van der Waals surface area contributed by atoms with Gasteiger partial charge in [0.25, 0.3) is 5.56 Å². The number of rotatable bonds is 1. The molecule has 1 saturated carbocycles. The second kappa shape index (κ2) is 2.73. The first-order valence-electron chi connectivity index (χ1n) is 4.12. The fourth-order valence-corrected chi connectivity index (χ4v) is 1.44. The lowest BCUT2D eigenvalue weighted by Crippen LogP contribution is -2.35. The zero-order valence-corrected chi connectivity index (χ0v) is 7.89. The second-order valence-electron chi connectivity index (χ2n) is 3.28. The van der Waals surface area contributed by atoms with Crippen LogP contribution in [0.15, 0.2) is 9.59 Å². The van der Waals surface area contributed by atoms with Crippen LogP contribution in [-0.4, -0.2) is 9.55 Å². The third-order valence-corrected chi connectivity index (χ3v) is 2.59. The Bertz CT molecular complexity index is 456. The Kier molecular flexibility index (Phi) is 1.80. The number of H-pyrrole nitrogens is 1. The van der Waals surface area contributed by atoms with Crippen molar-refractivity contribution in [2.24, 2.45) is 0 Å². The van der Waals surface area contributed by atoms with E-state index >= 15 is 0 Å². The molecule has 2 rings (SSSR count). The maximum Gasteiger partial charge on any atom is 0.329 e. The zero-order chi connectivity index (χ0) is 9.59. The van der Waals surface area contributed by atoms with Crippen LogP contribution in [0.3, 0.4) is 0 Å². The lowest BCUT2D eigenvalue weighted by atomic mass is 10.4. The first-order valence-corrected chi connectivity index (χ1v) is 4.50. The number of aromatic amines is 1. The molecule has 1 fully saturated rings. The topological polar surface area (TPSA) is 54.9 Å². The Morgan fingerprint density at radius 1 is 1.46 bits per heavy atom. The summed E-state index contributed by atoms with van der Waals surface area (Å²) in [6.07, 6.45) is 1.81. The minimum absolute atomic E-state index is 0.0900. The van der Waals surface area contributed by atoms with Crippen LogP contribution in [0.2, 0.25) is 5.15 Å². The molecule has 1 aromatic heterocycles. The van der Waals surface area contributed by atoms with E-state index < -0.39 is 5.69 Å². The molecule has 0 atom stereocenters. The molecule has 1 heterocycles. The SMILES string of the molecule is Cc1c(Cl)[nH]c(=O)n(C2CC2)c1=O. The molecule has 1 N–H and O–H groups in total. The van der Waals surface area contributed by atoms with Gasteiger partial charge < -0.3 is 0 Å². The van der Waals surface area contributed by atoms with E-state index in [0.717, 1.165) is 12.8 Å². The summed E-state index contributed by atoms with van der Waals surface area (Å²) >= 11 is 5.65. The van der Waals surface area contributed by atoms with Gasteiger partial charge in [0.15, 0.2) is 0 Å². The summed E-state index contributed by atoms with van der Waals surface area (Å²) in [6.45, 7) is 1.61. The highest BCUT2D eigenvalue weighted by atomic mass is 35.5. The standard InChI is InChI=1S/C8H9ClN2O2/c1-4-6(9)10-8(13)11(7(4)12)5-2-3-5/h5H,2-3H2,1H3,(H,10,13). The molecular weight excluding hydrogens is 192 g/mol. The lowest BCUT2D eigenvalue weighted by molar-refractivity contribution is 0.649. The average molecular weight is 201 g/mol. The van der Waals surface area contributed by atoms with E-state index in [2.05, 4.69) is 4.98 Å². The molecule has 0 spiro atoms. The van der Waals surface area contributed by atoms with Crippen molar-refractivity contribution < 1.29 is 0 Å². The molecular formula is C8H9ClN2O2. The molecule has 0 bridgehead atoms. The van der Waals surface area contributed by atoms with Gasteiger partial charge in [-0.3, -0.25) is 14.3 Å². The highest BCUT2D eigenvalue weighted by Gasteiger charge is 2.27. The van der Waals surface area contributed by atoms with Crippen LogP contribution in [0.4, 0.5) is 0 Å². The van der Waals surface area contributed by atoms with Crippen LogP contribution in [0.25, 0.3) is 0 Å². The quantitative estimate of drug-likeness (QED) is 0.683. The highest BCUT2D eigenvalue weighted by molar-refractivity contribution is 6.30. The maximum atomic E-state index is 11.6. The van der Waals surface area contributed by atoms with Crippen molar-refractivity contribution in [1.29, 1.82) is 0 Å². The van der Waals surface area contributed by atoms with Crippen molar-refractivity contribution in [3.05, 3.63) is 31.6 Å². The van der Waals surface area contributed by atoms with Crippen molar-refractivity contribution in [3.8, 4) is 0 Å². The molecule has 0 radical (unpaired) electrons. The predicted molar refractivity (Wildman–Crippen MR) is 49.3 cm³/mol. The number of aromatic nitrogens is 2. The normalized spacial score (nSPS) is 16.2. The van der Waals surface area contributed by atoms with Gasteiger partial charge in [-0.1, -0.05) is 11.6 Å². The van der Waals surface area contributed by atoms with Crippen LogP contribution in [0.5, 0.6) is 0 Å². The number of nitrogens with zero attached hydrogens (tertiary/aromatic N) is 1. The van der Waals surface area contributed by atoms with E-state index in [0.29, 0.717) is 5.56 Å². The Hall–Kier alpha value is -1.03. The summed E-state index contributed by atoms with van der Waals surface area (Å²) in [5.41, 5.74) is -0.257. The summed E-state index contributed by atoms with van der Waals surface area (Å²) in [4.78, 5) is 25.3. The van der Waals surface area contributed by atoms with Crippen LogP contribution >= 0.6 is 11.6 Å². The maximum absolute atomic E-state index is 11.6. The van der Waals surface area contributed by atoms with E-state index in [4.69, 9.17) is 11.6 Å². The molecule has 4 nitrogen and oxygen atoms in total. The molecule has 0 aromatic carbocycles. The molecule has 0 unspecified atom stereocenters. The van der Waals surface area contributed by atoms with Crippen molar-refractivity contribution in [1.82, 2.24) is 9.55 Å². The Morgan fingerprint density at radius 3 is 2.62 bits per heavy atom. The summed E-state index contributed by atoms with van der Waals surface area (Å²) in [6, 6.07) is 0.0900. The van der Waals surface area contributed by atoms with Crippen molar-refractivity contribution in [2.45, 2.75) is 25.8 Å². The van der Waals surface area contributed by atoms with Crippen LogP contribution in [-0.2, 0) is 0 Å². The molecule has 0 aliphatic heterocycles. The number of hydrogen-bond acceptors (Lipinski definition) is 2. The molecule has 1 aliphatic rings. The van der Waals surface area contributed by atoms with Crippen LogP contribution in [0, 0.1) is 6.92 Å². The average Bonchev–Trinajstić information content (AvgIpc) is 2.84. The van der Waals surface area contributed by atoms with Crippen molar-refractivity contribution in [2.75, 3.05) is 0 Å². The van der Waals surface area contributed by atoms with E-state index in [1.165, 1.54) is 4.57 Å². The van der Waals surface area contributed by atoms with Gasteiger partial charge in [-0.25, -0.2) is 4.79 Å². The molecule has 1 aromatic rings. The lowest BCUT2D eigenvalue weighted by Gasteiger charge is -2.03. The van der Waals surface area contributed by atoms with Gasteiger partial charge in [-0.2, -0.15) is 0 Å². The monoisotopic (exact) mass is 200 g/mol. The molecule has 1 aliphatic carbocycles. The minimum atomic E-state index is -0.400. The summed E-state index contributed by atoms with van der Waals surface area (Å²) in [5, 5.41) is 0.145. The fourth-order valence-electron chi connectivity index (χ4n) is 1.28. The summed E-state index contributed by atoms with van der Waals surface area (Å²) < 4.78 is 1.25. The van der Waals surface area contributed by atoms with Crippen molar-refractivity contribution in [3.63, 3.8) is 0 Å². The third kappa shape index (κ3) is 1.31. The van der Waals surface area contributed by atoms with Crippen LogP contribution < -0.4 is 11.2 Å². The van der Waals surface area contributed by atoms with E-state index in [1.54, 1.807) is 6.92 Å². The first kappa shape index (κ1) is 8.56. The molecule has 5 heteroatoms. The third-order valence-electron chi connectivity index (χ3n) is 2.22. The fraction of sp³-hybridized carbons (Fsp3) is 0.500. The molecule has 0 saturated heterocycles. The smallest absolute Gasteiger partial charge is 0.297 e. The number of nitrogens with one attached hydrogen (secondary N) is 1.